The summed E-state index contributed by atoms with van der Waals surface area (Å²) in [5.41, 5.74) is 1.43. The number of piperidine rings is 1. The van der Waals surface area contributed by atoms with Crippen LogP contribution in [0.3, 0.4) is 0 Å². The lowest BCUT2D eigenvalue weighted by atomic mass is 9.80. The van der Waals surface area contributed by atoms with Crippen LogP contribution in [0.4, 0.5) is 4.79 Å². The first-order chi connectivity index (χ1) is 10.9. The molecular weight excluding hydrogens is 294 g/mol. The minimum absolute atomic E-state index is 0.142. The molecule has 23 heavy (non-hydrogen) atoms. The van der Waals surface area contributed by atoms with Gasteiger partial charge in [0.25, 0.3) is 5.91 Å². The lowest BCUT2D eigenvalue weighted by Gasteiger charge is -2.39. The smallest absolute Gasteiger partial charge is 0.322 e. The van der Waals surface area contributed by atoms with Crippen LogP contribution in [0.5, 0.6) is 0 Å². The quantitative estimate of drug-likeness (QED) is 0.805. The van der Waals surface area contributed by atoms with Crippen LogP contribution in [0.1, 0.15) is 31.2 Å². The number of rotatable bonds is 4. The molecular formula is C16H25N5O2. The maximum atomic E-state index is 12.1. The molecule has 0 spiro atoms. The van der Waals surface area contributed by atoms with E-state index in [1.807, 2.05) is 18.5 Å². The first kappa shape index (κ1) is 16.0. The fourth-order valence-electron chi connectivity index (χ4n) is 3.71. The maximum absolute atomic E-state index is 12.1. The summed E-state index contributed by atoms with van der Waals surface area (Å²) in [4.78, 5) is 26.0. The molecule has 0 aromatic carbocycles. The van der Waals surface area contributed by atoms with Gasteiger partial charge in [-0.25, -0.2) is 4.79 Å². The summed E-state index contributed by atoms with van der Waals surface area (Å²) in [7, 11) is 0. The number of urea groups is 1. The van der Waals surface area contributed by atoms with Crippen LogP contribution in [0, 0.1) is 19.8 Å². The van der Waals surface area contributed by atoms with E-state index in [0.717, 1.165) is 44.7 Å². The van der Waals surface area contributed by atoms with E-state index in [9.17, 15) is 9.59 Å². The van der Waals surface area contributed by atoms with Gasteiger partial charge in [0.2, 0.25) is 0 Å². The molecule has 3 amide bonds. The normalized spacial score (nSPS) is 28.7. The molecule has 0 aliphatic carbocycles. The third kappa shape index (κ3) is 3.10. The van der Waals surface area contributed by atoms with Gasteiger partial charge in [0.1, 0.15) is 5.54 Å². The van der Waals surface area contributed by atoms with Gasteiger partial charge in [-0.2, -0.15) is 5.10 Å². The van der Waals surface area contributed by atoms with Crippen LogP contribution in [-0.4, -0.2) is 51.8 Å². The number of likely N-dealkylation sites (tertiary alicyclic amines) is 1. The van der Waals surface area contributed by atoms with Crippen LogP contribution in [0.2, 0.25) is 0 Å². The Morgan fingerprint density at radius 3 is 2.74 bits per heavy atom. The van der Waals surface area contributed by atoms with E-state index in [1.165, 1.54) is 5.69 Å². The third-order valence-corrected chi connectivity index (χ3v) is 5.13. The van der Waals surface area contributed by atoms with Gasteiger partial charge in [-0.3, -0.25) is 14.8 Å². The van der Waals surface area contributed by atoms with Crippen molar-refractivity contribution in [3.05, 3.63) is 17.5 Å². The lowest BCUT2D eigenvalue weighted by molar-refractivity contribution is -0.126. The summed E-state index contributed by atoms with van der Waals surface area (Å²) < 4.78 is 2.03. The van der Waals surface area contributed by atoms with Gasteiger partial charge < -0.3 is 10.2 Å². The standard InChI is InChI=1S/C16H25N5O2/c1-11-9-12(2)21(19-11)8-7-20-6-4-5-13(10-20)16(3)14(22)17-15(23)18-16/h9,13H,4-8,10H2,1-3H3,(H2,17,18,22,23)/t13-,16-/m0/s1. The van der Waals surface area contributed by atoms with Gasteiger partial charge in [-0.15, -0.1) is 0 Å². The highest BCUT2D eigenvalue weighted by Crippen LogP contribution is 2.29. The van der Waals surface area contributed by atoms with Gasteiger partial charge >= 0.3 is 6.03 Å². The maximum Gasteiger partial charge on any atom is 0.322 e. The Hall–Kier alpha value is -1.89. The fraction of sp³-hybridized carbons (Fsp3) is 0.688. The second kappa shape index (κ2) is 5.96. The van der Waals surface area contributed by atoms with Crippen molar-refractivity contribution in [2.24, 2.45) is 5.92 Å². The fourth-order valence-corrected chi connectivity index (χ4v) is 3.71. The molecule has 7 heteroatoms. The molecule has 3 heterocycles. The van der Waals surface area contributed by atoms with E-state index in [1.54, 1.807) is 0 Å². The lowest BCUT2D eigenvalue weighted by Crippen LogP contribution is -2.56. The van der Waals surface area contributed by atoms with Crippen LogP contribution in [0.25, 0.3) is 0 Å². The second-order valence-corrected chi connectivity index (χ2v) is 6.90. The zero-order valence-electron chi connectivity index (χ0n) is 14.1. The van der Waals surface area contributed by atoms with Crippen molar-refractivity contribution in [3.63, 3.8) is 0 Å². The summed E-state index contributed by atoms with van der Waals surface area (Å²) in [6, 6.07) is 1.70. The number of carbonyl (C=O) groups excluding carboxylic acids is 2. The summed E-state index contributed by atoms with van der Waals surface area (Å²) in [6.45, 7) is 9.51. The zero-order chi connectivity index (χ0) is 16.6. The molecule has 0 radical (unpaired) electrons. The van der Waals surface area contributed by atoms with E-state index in [2.05, 4.69) is 33.6 Å². The van der Waals surface area contributed by atoms with Crippen molar-refractivity contribution < 1.29 is 9.59 Å². The molecule has 1 aromatic heterocycles. The van der Waals surface area contributed by atoms with E-state index in [0.29, 0.717) is 0 Å². The number of aryl methyl sites for hydroxylation is 2. The second-order valence-electron chi connectivity index (χ2n) is 6.90. The highest BCUT2D eigenvalue weighted by atomic mass is 16.2. The minimum Gasteiger partial charge on any atom is -0.323 e. The Bertz CT molecular complexity index is 626. The van der Waals surface area contributed by atoms with Gasteiger partial charge in [0.15, 0.2) is 0 Å². The molecule has 2 fully saturated rings. The number of nitrogens with zero attached hydrogens (tertiary/aromatic N) is 3. The van der Waals surface area contributed by atoms with Crippen LogP contribution >= 0.6 is 0 Å². The number of imide groups is 1. The Balaban J connectivity index is 1.61. The number of hydrogen-bond acceptors (Lipinski definition) is 4. The molecule has 2 atom stereocenters. The molecule has 2 aliphatic rings. The Kier molecular flexibility index (Phi) is 4.14. The Morgan fingerprint density at radius 2 is 2.13 bits per heavy atom. The molecule has 7 nitrogen and oxygen atoms in total. The van der Waals surface area contributed by atoms with E-state index < -0.39 is 5.54 Å². The topological polar surface area (TPSA) is 79.3 Å². The van der Waals surface area contributed by atoms with Crippen molar-refractivity contribution in [2.45, 2.75) is 45.7 Å². The van der Waals surface area contributed by atoms with Crippen LogP contribution < -0.4 is 10.6 Å². The van der Waals surface area contributed by atoms with E-state index >= 15 is 0 Å². The average molecular weight is 319 g/mol. The molecule has 0 unspecified atom stereocenters. The van der Waals surface area contributed by atoms with Crippen molar-refractivity contribution >= 4 is 11.9 Å². The molecule has 0 saturated carbocycles. The summed E-state index contributed by atoms with van der Waals surface area (Å²) in [6.07, 6.45) is 2.00. The van der Waals surface area contributed by atoms with Crippen molar-refractivity contribution in [2.75, 3.05) is 19.6 Å². The van der Waals surface area contributed by atoms with Crippen molar-refractivity contribution in [1.82, 2.24) is 25.3 Å². The number of aromatic nitrogens is 2. The van der Waals surface area contributed by atoms with Gasteiger partial charge in [0.05, 0.1) is 12.2 Å². The summed E-state index contributed by atoms with van der Waals surface area (Å²) >= 11 is 0. The highest BCUT2D eigenvalue weighted by Gasteiger charge is 2.48. The minimum atomic E-state index is -0.784. The molecule has 2 aliphatic heterocycles. The van der Waals surface area contributed by atoms with Crippen LogP contribution in [-0.2, 0) is 11.3 Å². The summed E-state index contributed by atoms with van der Waals surface area (Å²) in [5.74, 6) is -0.0592. The highest BCUT2D eigenvalue weighted by molar-refractivity contribution is 6.06. The predicted octanol–water partition coefficient (Wildman–Crippen LogP) is 0.810. The van der Waals surface area contributed by atoms with Gasteiger partial charge in [-0.05, 0) is 46.2 Å². The molecule has 126 valence electrons. The molecule has 2 N–H and O–H groups in total. The molecule has 1 aromatic rings. The van der Waals surface area contributed by atoms with Gasteiger partial charge in [-0.1, -0.05) is 0 Å². The van der Waals surface area contributed by atoms with Gasteiger partial charge in [0, 0.05) is 24.7 Å². The Labute approximate surface area is 136 Å². The number of amides is 3. The molecule has 3 rings (SSSR count). The first-order valence-corrected chi connectivity index (χ1v) is 8.25. The van der Waals surface area contributed by atoms with E-state index in [4.69, 9.17) is 0 Å². The van der Waals surface area contributed by atoms with Crippen molar-refractivity contribution in [3.8, 4) is 0 Å². The molecule has 2 saturated heterocycles. The molecule has 0 bridgehead atoms. The predicted molar refractivity (Wildman–Crippen MR) is 85.9 cm³/mol. The number of nitrogens with one attached hydrogen (secondary N) is 2. The monoisotopic (exact) mass is 319 g/mol. The van der Waals surface area contributed by atoms with Crippen LogP contribution in [0.15, 0.2) is 6.07 Å². The largest absolute Gasteiger partial charge is 0.323 e. The Morgan fingerprint density at radius 1 is 1.35 bits per heavy atom. The third-order valence-electron chi connectivity index (χ3n) is 5.13. The SMILES string of the molecule is Cc1cc(C)n(CCN2CCC[C@H]([C@]3(C)NC(=O)NC3=O)C2)n1. The zero-order valence-corrected chi connectivity index (χ0v) is 14.1. The number of hydrogen-bond donors (Lipinski definition) is 2. The number of carbonyl (C=O) groups is 2. The average Bonchev–Trinajstić information content (AvgIpc) is 2.96. The first-order valence-electron chi connectivity index (χ1n) is 8.25. The van der Waals surface area contributed by atoms with E-state index in [-0.39, 0.29) is 17.9 Å². The summed E-state index contributed by atoms with van der Waals surface area (Å²) in [5, 5.41) is 9.67. The van der Waals surface area contributed by atoms with Crippen molar-refractivity contribution in [1.29, 1.82) is 0 Å².